The highest BCUT2D eigenvalue weighted by atomic mass is 32.2. The maximum atomic E-state index is 11.6. The van der Waals surface area contributed by atoms with Gasteiger partial charge in [0, 0.05) is 11.4 Å². The lowest BCUT2D eigenvalue weighted by Crippen LogP contribution is -2.01. The van der Waals surface area contributed by atoms with Crippen LogP contribution in [0.1, 0.15) is 18.9 Å². The number of aryl methyl sites for hydroxylation is 1. The van der Waals surface area contributed by atoms with Crippen molar-refractivity contribution in [2.24, 2.45) is 0 Å². The van der Waals surface area contributed by atoms with Gasteiger partial charge in [0.1, 0.15) is 0 Å². The molecule has 2 N–H and O–H groups in total. The average molecular weight is 197 g/mol. The van der Waals surface area contributed by atoms with Gasteiger partial charge >= 0.3 is 0 Å². The molecule has 0 amide bonds. The minimum Gasteiger partial charge on any atom is -0.398 e. The van der Waals surface area contributed by atoms with Crippen LogP contribution in [0.3, 0.4) is 0 Å². The van der Waals surface area contributed by atoms with Crippen LogP contribution in [0.4, 0.5) is 5.69 Å². The number of hydrogen-bond acceptors (Lipinski definition) is 2. The largest absolute Gasteiger partial charge is 0.398 e. The Labute approximate surface area is 81.6 Å². The van der Waals surface area contributed by atoms with Crippen molar-refractivity contribution in [2.45, 2.75) is 25.2 Å². The number of nitrogens with two attached hydrogens (primary N) is 1. The lowest BCUT2D eigenvalue weighted by Gasteiger charge is -2.05. The van der Waals surface area contributed by atoms with Gasteiger partial charge in [0.25, 0.3) is 0 Å². The fourth-order valence-corrected chi connectivity index (χ4v) is 2.30. The Balaban J connectivity index is 2.95. The van der Waals surface area contributed by atoms with Crippen molar-refractivity contribution in [1.29, 1.82) is 0 Å². The second-order valence-electron chi connectivity index (χ2n) is 3.09. The smallest absolute Gasteiger partial charge is 0.0617 e. The Morgan fingerprint density at radius 2 is 2.15 bits per heavy atom. The third kappa shape index (κ3) is 2.56. The first-order chi connectivity index (χ1) is 6.15. The van der Waals surface area contributed by atoms with E-state index < -0.39 is 10.8 Å². The number of benzene rings is 1. The van der Waals surface area contributed by atoms with Crippen LogP contribution in [0.25, 0.3) is 0 Å². The minimum absolute atomic E-state index is 0.645. The summed E-state index contributed by atoms with van der Waals surface area (Å²) in [7, 11) is -0.928. The maximum Gasteiger partial charge on any atom is 0.0617 e. The quantitative estimate of drug-likeness (QED) is 0.754. The molecule has 1 aromatic rings. The van der Waals surface area contributed by atoms with Gasteiger partial charge in [-0.1, -0.05) is 13.0 Å². The predicted molar refractivity (Wildman–Crippen MR) is 57.2 cm³/mol. The zero-order chi connectivity index (χ0) is 9.84. The molecule has 0 aliphatic heterocycles. The van der Waals surface area contributed by atoms with E-state index in [0.29, 0.717) is 11.4 Å². The molecule has 0 radical (unpaired) electrons. The fraction of sp³-hybridized carbons (Fsp3) is 0.400. The van der Waals surface area contributed by atoms with Crippen LogP contribution < -0.4 is 5.73 Å². The molecular formula is C10H15NOS. The van der Waals surface area contributed by atoms with Crippen LogP contribution in [-0.2, 0) is 10.8 Å². The Hall–Kier alpha value is -0.830. The molecule has 2 nitrogen and oxygen atoms in total. The van der Waals surface area contributed by atoms with Crippen LogP contribution in [-0.4, -0.2) is 9.96 Å². The zero-order valence-corrected chi connectivity index (χ0v) is 8.86. The van der Waals surface area contributed by atoms with E-state index in [-0.39, 0.29) is 0 Å². The van der Waals surface area contributed by atoms with Crippen molar-refractivity contribution in [3.63, 3.8) is 0 Å². The van der Waals surface area contributed by atoms with E-state index >= 15 is 0 Å². The Bertz CT molecular complexity index is 323. The molecule has 0 bridgehead atoms. The molecule has 1 aromatic carbocycles. The van der Waals surface area contributed by atoms with Crippen LogP contribution in [0.15, 0.2) is 23.1 Å². The van der Waals surface area contributed by atoms with Gasteiger partial charge in [0.2, 0.25) is 0 Å². The van der Waals surface area contributed by atoms with E-state index in [1.165, 1.54) is 0 Å². The second kappa shape index (κ2) is 4.42. The Morgan fingerprint density at radius 3 is 2.69 bits per heavy atom. The monoisotopic (exact) mass is 197 g/mol. The first-order valence-electron chi connectivity index (χ1n) is 4.39. The van der Waals surface area contributed by atoms with Crippen molar-refractivity contribution in [2.75, 3.05) is 11.5 Å². The summed E-state index contributed by atoms with van der Waals surface area (Å²) in [5.74, 6) is 0.688. The molecule has 0 aliphatic rings. The van der Waals surface area contributed by atoms with E-state index in [2.05, 4.69) is 0 Å². The van der Waals surface area contributed by atoms with Gasteiger partial charge in [0.15, 0.2) is 0 Å². The third-order valence-electron chi connectivity index (χ3n) is 1.80. The third-order valence-corrected chi connectivity index (χ3v) is 3.44. The minimum atomic E-state index is -0.928. The van der Waals surface area contributed by atoms with Gasteiger partial charge in [-0.25, -0.2) is 0 Å². The summed E-state index contributed by atoms with van der Waals surface area (Å²) in [6, 6.07) is 5.67. The number of nitrogen functional groups attached to an aromatic ring is 1. The normalized spacial score (nSPS) is 12.8. The standard InChI is InChI=1S/C10H15NOS/c1-3-6-13(12)10-5-4-8(2)7-9(10)11/h4-5,7H,3,6,11H2,1-2H3. The first-order valence-corrected chi connectivity index (χ1v) is 5.71. The topological polar surface area (TPSA) is 43.1 Å². The highest BCUT2D eigenvalue weighted by Crippen LogP contribution is 2.18. The highest BCUT2D eigenvalue weighted by molar-refractivity contribution is 7.85. The van der Waals surface area contributed by atoms with Crippen molar-refractivity contribution in [3.8, 4) is 0 Å². The van der Waals surface area contributed by atoms with Crippen LogP contribution in [0.2, 0.25) is 0 Å². The van der Waals surface area contributed by atoms with E-state index in [9.17, 15) is 4.21 Å². The molecule has 1 unspecified atom stereocenters. The van der Waals surface area contributed by atoms with Gasteiger partial charge in [0.05, 0.1) is 15.7 Å². The van der Waals surface area contributed by atoms with E-state index in [4.69, 9.17) is 5.73 Å². The van der Waals surface area contributed by atoms with Crippen LogP contribution in [0.5, 0.6) is 0 Å². The molecule has 72 valence electrons. The van der Waals surface area contributed by atoms with E-state index in [1.807, 2.05) is 32.0 Å². The lowest BCUT2D eigenvalue weighted by molar-refractivity contribution is 0.682. The molecule has 0 saturated heterocycles. The van der Waals surface area contributed by atoms with Crippen LogP contribution in [0, 0.1) is 6.92 Å². The maximum absolute atomic E-state index is 11.6. The van der Waals surface area contributed by atoms with Crippen molar-refractivity contribution >= 4 is 16.5 Å². The molecule has 0 aliphatic carbocycles. The van der Waals surface area contributed by atoms with Gasteiger partial charge in [-0.15, -0.1) is 0 Å². The molecule has 0 spiro atoms. The second-order valence-corrected chi connectivity index (χ2v) is 4.63. The van der Waals surface area contributed by atoms with Gasteiger partial charge in [-0.3, -0.25) is 4.21 Å². The summed E-state index contributed by atoms with van der Waals surface area (Å²) < 4.78 is 11.6. The molecule has 0 saturated carbocycles. The van der Waals surface area contributed by atoms with Crippen molar-refractivity contribution < 1.29 is 4.21 Å². The lowest BCUT2D eigenvalue weighted by atomic mass is 10.2. The van der Waals surface area contributed by atoms with Crippen molar-refractivity contribution in [1.82, 2.24) is 0 Å². The van der Waals surface area contributed by atoms with Gasteiger partial charge in [-0.05, 0) is 31.0 Å². The molecule has 13 heavy (non-hydrogen) atoms. The molecule has 0 aromatic heterocycles. The summed E-state index contributed by atoms with van der Waals surface area (Å²) >= 11 is 0. The molecule has 1 atom stereocenters. The van der Waals surface area contributed by atoms with Crippen molar-refractivity contribution in [3.05, 3.63) is 23.8 Å². The number of hydrogen-bond donors (Lipinski definition) is 1. The number of rotatable bonds is 3. The molecule has 1 rings (SSSR count). The Morgan fingerprint density at radius 1 is 1.46 bits per heavy atom. The fourth-order valence-electron chi connectivity index (χ4n) is 1.17. The molecule has 0 heterocycles. The van der Waals surface area contributed by atoms with Crippen LogP contribution >= 0.6 is 0 Å². The SMILES string of the molecule is CCCS(=O)c1ccc(C)cc1N. The van der Waals surface area contributed by atoms with Gasteiger partial charge < -0.3 is 5.73 Å². The van der Waals surface area contributed by atoms with E-state index in [1.54, 1.807) is 0 Å². The number of anilines is 1. The highest BCUT2D eigenvalue weighted by Gasteiger charge is 2.06. The average Bonchev–Trinajstić information content (AvgIpc) is 2.04. The van der Waals surface area contributed by atoms with Gasteiger partial charge in [-0.2, -0.15) is 0 Å². The molecular weight excluding hydrogens is 182 g/mol. The first kappa shape index (κ1) is 10.3. The van der Waals surface area contributed by atoms with E-state index in [0.717, 1.165) is 16.9 Å². The molecule has 0 fully saturated rings. The summed E-state index contributed by atoms with van der Waals surface area (Å²) in [6.07, 6.45) is 0.917. The zero-order valence-electron chi connectivity index (χ0n) is 8.04. The Kier molecular flexibility index (Phi) is 3.48. The summed E-state index contributed by atoms with van der Waals surface area (Å²) in [4.78, 5) is 0.771. The summed E-state index contributed by atoms with van der Waals surface area (Å²) in [5.41, 5.74) is 7.51. The predicted octanol–water partition coefficient (Wildman–Crippen LogP) is 2.09. The summed E-state index contributed by atoms with van der Waals surface area (Å²) in [5, 5.41) is 0. The molecule has 3 heteroatoms. The summed E-state index contributed by atoms with van der Waals surface area (Å²) in [6.45, 7) is 3.99.